The molecule has 1 aromatic carbocycles. The van der Waals surface area contributed by atoms with Crippen molar-refractivity contribution in [2.75, 3.05) is 44.9 Å². The monoisotopic (exact) mass is 534 g/mol. The van der Waals surface area contributed by atoms with Crippen LogP contribution in [0.4, 0.5) is 8.78 Å². The van der Waals surface area contributed by atoms with Gasteiger partial charge in [-0.05, 0) is 31.0 Å². The average Bonchev–Trinajstić information content (AvgIpc) is 3.59. The predicted octanol–water partition coefficient (Wildman–Crippen LogP) is 2.95. The Morgan fingerprint density at radius 1 is 1.24 bits per heavy atom. The molecule has 2 fully saturated rings. The molecule has 9 nitrogen and oxygen atoms in total. The van der Waals surface area contributed by atoms with Gasteiger partial charge < -0.3 is 24.1 Å². The third kappa shape index (κ3) is 6.08. The lowest BCUT2D eigenvalue weighted by atomic mass is 10.1. The Hall–Kier alpha value is -3.09. The van der Waals surface area contributed by atoms with Gasteiger partial charge in [0.05, 0.1) is 19.0 Å². The van der Waals surface area contributed by atoms with Gasteiger partial charge in [0.15, 0.2) is 0 Å². The Balaban J connectivity index is 1.36. The number of aromatic nitrogens is 2. The van der Waals surface area contributed by atoms with Crippen LogP contribution in [0.1, 0.15) is 23.2 Å². The maximum atomic E-state index is 13.2. The van der Waals surface area contributed by atoms with Crippen molar-refractivity contribution < 1.29 is 32.3 Å². The van der Waals surface area contributed by atoms with E-state index < -0.39 is 23.7 Å². The third-order valence-corrected chi connectivity index (χ3v) is 7.64. The van der Waals surface area contributed by atoms with Crippen molar-refractivity contribution in [3.8, 4) is 28.5 Å². The number of pyridine rings is 1. The van der Waals surface area contributed by atoms with E-state index in [1.54, 1.807) is 35.0 Å². The number of halogens is 2. The number of hydrogen-bond acceptors (Lipinski definition) is 7. The number of methoxy groups -OCH3 is 1. The lowest BCUT2D eigenvalue weighted by Crippen LogP contribution is -2.42. The highest BCUT2D eigenvalue weighted by molar-refractivity contribution is 7.91. The minimum atomic E-state index is -3.11. The quantitative estimate of drug-likeness (QED) is 0.399. The van der Waals surface area contributed by atoms with E-state index >= 15 is 0 Å². The molecule has 3 aromatic rings. The van der Waals surface area contributed by atoms with E-state index in [4.69, 9.17) is 14.2 Å². The van der Waals surface area contributed by atoms with Crippen LogP contribution in [-0.2, 0) is 11.2 Å². The number of nitrogens with zero attached hydrogens (tertiary/aromatic N) is 3. The minimum absolute atomic E-state index is 0.0388. The number of amides is 1. The number of carbonyl (C=O) groups excluding carboxylic acids is 1. The number of hydrogen-bond donors (Lipinski definition) is 1. The first kappa shape index (κ1) is 25.6. The van der Waals surface area contributed by atoms with Crippen LogP contribution in [0.15, 0.2) is 36.7 Å². The molecule has 1 saturated carbocycles. The predicted molar refractivity (Wildman–Crippen MR) is 134 cm³/mol. The zero-order valence-corrected chi connectivity index (χ0v) is 21.1. The van der Waals surface area contributed by atoms with Gasteiger partial charge in [-0.1, -0.05) is 11.2 Å². The molecule has 0 atom stereocenters. The van der Waals surface area contributed by atoms with Gasteiger partial charge in [-0.3, -0.25) is 14.1 Å². The number of imidazole rings is 1. The second-order valence-corrected chi connectivity index (χ2v) is 10.6. The van der Waals surface area contributed by atoms with Gasteiger partial charge in [0.1, 0.15) is 46.6 Å². The minimum Gasteiger partial charge on any atom is -0.616 e. The largest absolute Gasteiger partial charge is 0.616 e. The highest BCUT2D eigenvalue weighted by Crippen LogP contribution is 2.37. The molecule has 198 valence electrons. The lowest BCUT2D eigenvalue weighted by molar-refractivity contribution is -0.0502. The smallest absolute Gasteiger partial charge is 0.387 e. The fraction of sp³-hybridized carbons (Fsp3) is 0.440. The Morgan fingerprint density at radius 3 is 2.70 bits per heavy atom. The first-order valence-electron chi connectivity index (χ1n) is 12.1. The summed E-state index contributed by atoms with van der Waals surface area (Å²) >= 11 is -0.709. The summed E-state index contributed by atoms with van der Waals surface area (Å²) in [6.07, 6.45) is 5.10. The molecule has 0 unspecified atom stereocenters. The van der Waals surface area contributed by atoms with Crippen molar-refractivity contribution >= 4 is 22.7 Å². The van der Waals surface area contributed by atoms with Gasteiger partial charge in [-0.25, -0.2) is 4.98 Å². The molecule has 1 N–H and O–H groups in total. The van der Waals surface area contributed by atoms with Crippen LogP contribution in [0.25, 0.3) is 16.9 Å². The van der Waals surface area contributed by atoms with Crippen molar-refractivity contribution in [2.45, 2.75) is 25.5 Å². The Morgan fingerprint density at radius 2 is 2.00 bits per heavy atom. The van der Waals surface area contributed by atoms with Gasteiger partial charge in [-0.15, -0.1) is 0 Å². The summed E-state index contributed by atoms with van der Waals surface area (Å²) in [6, 6.07) is 6.64. The number of alkyl halides is 2. The zero-order chi connectivity index (χ0) is 25.9. The van der Waals surface area contributed by atoms with Crippen LogP contribution >= 0.6 is 0 Å². The summed E-state index contributed by atoms with van der Waals surface area (Å²) in [5.41, 5.74) is 1.64. The third-order valence-electron chi connectivity index (χ3n) is 6.37. The van der Waals surface area contributed by atoms with E-state index in [-0.39, 0.29) is 23.1 Å². The Kier molecular flexibility index (Phi) is 7.68. The van der Waals surface area contributed by atoms with Gasteiger partial charge in [0.2, 0.25) is 0 Å². The first-order valence-corrected chi connectivity index (χ1v) is 13.6. The molecule has 5 rings (SSSR count). The summed E-state index contributed by atoms with van der Waals surface area (Å²) in [5.74, 6) is 1.39. The SMILES string of the molecule is COc1cc(-c2cnc3cc(OCCN4CC[S+]([O-])CC4)ccn23)cc(OC(F)F)c1C(=O)NC1CC1. The molecule has 0 spiro atoms. The van der Waals surface area contributed by atoms with Crippen molar-refractivity contribution in [3.63, 3.8) is 0 Å². The second-order valence-electron chi connectivity index (χ2n) is 8.95. The first-order chi connectivity index (χ1) is 17.9. The molecular formula is C25H28F2N4O5S. The van der Waals surface area contributed by atoms with Crippen LogP contribution in [0.5, 0.6) is 17.2 Å². The van der Waals surface area contributed by atoms with Crippen molar-refractivity contribution in [1.29, 1.82) is 0 Å². The van der Waals surface area contributed by atoms with Gasteiger partial charge in [-0.2, -0.15) is 8.78 Å². The maximum absolute atomic E-state index is 13.2. The standard InChI is InChI=1S/C25H28F2N4O5S/c1-34-20-12-16(13-21(36-25(26)27)23(20)24(32)29-17-2-3-17)19-15-28-22-14-18(4-5-31(19)22)35-9-6-30-7-10-37(33)11-8-30/h4-5,12-15,17,25H,2-3,6-11H2,1H3,(H,29,32). The van der Waals surface area contributed by atoms with E-state index in [0.29, 0.717) is 40.8 Å². The van der Waals surface area contributed by atoms with Crippen LogP contribution in [0.2, 0.25) is 0 Å². The number of carbonyl (C=O) groups is 1. The van der Waals surface area contributed by atoms with Crippen LogP contribution < -0.4 is 19.5 Å². The average molecular weight is 535 g/mol. The van der Waals surface area contributed by atoms with Gasteiger partial charge in [0, 0.05) is 43.5 Å². The van der Waals surface area contributed by atoms with Crippen molar-refractivity contribution in [1.82, 2.24) is 19.6 Å². The number of nitrogens with one attached hydrogen (secondary N) is 1. The number of fused-ring (bicyclic) bond motifs is 1. The molecule has 1 amide bonds. The zero-order valence-electron chi connectivity index (χ0n) is 20.3. The second kappa shape index (κ2) is 11.1. The van der Waals surface area contributed by atoms with E-state index in [2.05, 4.69) is 15.2 Å². The highest BCUT2D eigenvalue weighted by atomic mass is 32.2. The molecular weight excluding hydrogens is 506 g/mol. The molecule has 1 aliphatic carbocycles. The van der Waals surface area contributed by atoms with Gasteiger partial charge >= 0.3 is 6.61 Å². The summed E-state index contributed by atoms with van der Waals surface area (Å²) in [7, 11) is 1.38. The Bertz CT molecular complexity index is 1260. The van der Waals surface area contributed by atoms with Crippen LogP contribution in [0, 0.1) is 0 Å². The molecule has 12 heteroatoms. The normalized spacial score (nSPS) is 16.8. The van der Waals surface area contributed by atoms with Crippen molar-refractivity contribution in [2.24, 2.45) is 0 Å². The molecule has 37 heavy (non-hydrogen) atoms. The van der Waals surface area contributed by atoms with E-state index in [0.717, 1.165) is 32.5 Å². The molecule has 0 bridgehead atoms. The van der Waals surface area contributed by atoms with Crippen molar-refractivity contribution in [3.05, 3.63) is 42.2 Å². The summed E-state index contributed by atoms with van der Waals surface area (Å²) in [6.45, 7) is -0.260. The van der Waals surface area contributed by atoms with E-state index in [1.165, 1.54) is 13.2 Å². The van der Waals surface area contributed by atoms with Crippen LogP contribution in [-0.4, -0.2) is 82.3 Å². The molecule has 2 aromatic heterocycles. The number of benzene rings is 1. The number of ether oxygens (including phenoxy) is 3. The topological polar surface area (TPSA) is 100 Å². The maximum Gasteiger partial charge on any atom is 0.387 e. The summed E-state index contributed by atoms with van der Waals surface area (Å²) in [4.78, 5) is 19.4. The van der Waals surface area contributed by atoms with E-state index in [9.17, 15) is 18.1 Å². The summed E-state index contributed by atoms with van der Waals surface area (Å²) < 4.78 is 55.8. The molecule has 1 saturated heterocycles. The van der Waals surface area contributed by atoms with Crippen LogP contribution in [0.3, 0.4) is 0 Å². The summed E-state index contributed by atoms with van der Waals surface area (Å²) in [5, 5.41) is 2.80. The van der Waals surface area contributed by atoms with Gasteiger partial charge in [0.25, 0.3) is 5.91 Å². The number of rotatable bonds is 10. The fourth-order valence-electron chi connectivity index (χ4n) is 4.25. The highest BCUT2D eigenvalue weighted by Gasteiger charge is 2.29. The molecule has 2 aliphatic rings. The Labute approximate surface area is 215 Å². The van der Waals surface area contributed by atoms with E-state index in [1.807, 2.05) is 0 Å². The molecule has 3 heterocycles. The lowest BCUT2D eigenvalue weighted by Gasteiger charge is -2.27. The molecule has 1 aliphatic heterocycles. The fourth-order valence-corrected chi connectivity index (χ4v) is 5.38. The molecule has 0 radical (unpaired) electrons.